The third-order valence-electron chi connectivity index (χ3n) is 5.37. The van der Waals surface area contributed by atoms with Crippen LogP contribution in [0.25, 0.3) is 11.3 Å². The third-order valence-corrected chi connectivity index (χ3v) is 5.37. The molecule has 1 fully saturated rings. The van der Waals surface area contributed by atoms with E-state index in [9.17, 15) is 9.59 Å². The first-order chi connectivity index (χ1) is 15.2. The second kappa shape index (κ2) is 8.17. The topological polar surface area (TPSA) is 98.2 Å². The van der Waals surface area contributed by atoms with Crippen molar-refractivity contribution in [3.05, 3.63) is 54.1 Å². The molecule has 5 rings (SSSR count). The number of hydrogen-bond acceptors (Lipinski definition) is 7. The highest BCUT2D eigenvalue weighted by Gasteiger charge is 2.26. The van der Waals surface area contributed by atoms with Crippen LogP contribution in [-0.2, 0) is 11.2 Å². The van der Waals surface area contributed by atoms with Gasteiger partial charge in [0, 0.05) is 37.8 Å². The zero-order valence-corrected chi connectivity index (χ0v) is 16.8. The lowest BCUT2D eigenvalue weighted by Crippen LogP contribution is -2.50. The van der Waals surface area contributed by atoms with Crippen LogP contribution in [0.4, 0.5) is 0 Å². The van der Waals surface area contributed by atoms with Crippen LogP contribution in [0.2, 0.25) is 0 Å². The highest BCUT2D eigenvalue weighted by molar-refractivity contribution is 5.91. The molecule has 2 aliphatic heterocycles. The van der Waals surface area contributed by atoms with Gasteiger partial charge in [0.05, 0.1) is 18.4 Å². The summed E-state index contributed by atoms with van der Waals surface area (Å²) in [6.07, 6.45) is 1.62. The molecule has 1 aromatic carbocycles. The van der Waals surface area contributed by atoms with E-state index in [4.69, 9.17) is 18.4 Å². The van der Waals surface area contributed by atoms with Gasteiger partial charge in [-0.2, -0.15) is 0 Å². The number of furan rings is 1. The minimum atomic E-state index is -0.155. The zero-order valence-electron chi connectivity index (χ0n) is 16.8. The molecular weight excluding hydrogens is 402 g/mol. The molecule has 2 aromatic heterocycles. The van der Waals surface area contributed by atoms with Crippen molar-refractivity contribution in [3.63, 3.8) is 0 Å². The summed E-state index contributed by atoms with van der Waals surface area (Å²) in [6.45, 7) is 2.91. The quantitative estimate of drug-likeness (QED) is 0.635. The Hall–Kier alpha value is -3.75. The van der Waals surface area contributed by atoms with Crippen LogP contribution in [-0.4, -0.2) is 66.2 Å². The Balaban J connectivity index is 1.18. The van der Waals surface area contributed by atoms with Gasteiger partial charge in [0.1, 0.15) is 13.2 Å². The van der Waals surface area contributed by atoms with Gasteiger partial charge in [-0.25, -0.2) is 0 Å². The lowest BCUT2D eigenvalue weighted by atomic mass is 10.1. The molecule has 0 N–H and O–H groups in total. The van der Waals surface area contributed by atoms with Crippen molar-refractivity contribution < 1.29 is 28.0 Å². The molecular formula is C22H21N3O6. The maximum Gasteiger partial charge on any atom is 0.289 e. The van der Waals surface area contributed by atoms with E-state index in [2.05, 4.69) is 5.16 Å². The van der Waals surface area contributed by atoms with Gasteiger partial charge in [0.25, 0.3) is 5.91 Å². The number of fused-ring (bicyclic) bond motifs is 1. The monoisotopic (exact) mass is 423 g/mol. The standard InChI is InChI=1S/C22H21N3O6/c26-21(24-5-7-25(8-6-24)22(27)18-2-1-9-28-18)14-16-13-19(31-23-16)15-3-4-17-20(12-15)30-11-10-29-17/h1-4,9,12-13H,5-8,10-11,14H2. The summed E-state index contributed by atoms with van der Waals surface area (Å²) < 4.78 is 21.7. The van der Waals surface area contributed by atoms with Crippen LogP contribution in [0, 0.1) is 0 Å². The third kappa shape index (κ3) is 3.98. The normalized spacial score (nSPS) is 15.7. The molecule has 3 aromatic rings. The van der Waals surface area contributed by atoms with Gasteiger partial charge in [0.2, 0.25) is 5.91 Å². The minimum Gasteiger partial charge on any atom is -0.486 e. The van der Waals surface area contributed by atoms with Crippen molar-refractivity contribution in [2.45, 2.75) is 6.42 Å². The zero-order chi connectivity index (χ0) is 21.2. The maximum atomic E-state index is 12.7. The second-order valence-electron chi connectivity index (χ2n) is 7.37. The number of carbonyl (C=O) groups is 2. The fourth-order valence-corrected chi connectivity index (χ4v) is 3.71. The molecule has 0 aliphatic carbocycles. The van der Waals surface area contributed by atoms with Crippen LogP contribution < -0.4 is 9.47 Å². The number of hydrogen-bond donors (Lipinski definition) is 0. The number of piperazine rings is 1. The summed E-state index contributed by atoms with van der Waals surface area (Å²) in [6, 6.07) is 10.6. The predicted octanol–water partition coefficient (Wildman–Crippen LogP) is 2.23. The average molecular weight is 423 g/mol. The lowest BCUT2D eigenvalue weighted by molar-refractivity contribution is -0.132. The summed E-state index contributed by atoms with van der Waals surface area (Å²) in [5.74, 6) is 2.04. The predicted molar refractivity (Wildman–Crippen MR) is 108 cm³/mol. The Kier molecular flexibility index (Phi) is 5.07. The van der Waals surface area contributed by atoms with Crippen molar-refractivity contribution in [1.29, 1.82) is 0 Å². The van der Waals surface area contributed by atoms with Crippen molar-refractivity contribution >= 4 is 11.8 Å². The van der Waals surface area contributed by atoms with Crippen LogP contribution in [0.5, 0.6) is 11.5 Å². The SMILES string of the molecule is O=C(Cc1cc(-c2ccc3c(c2)OCCO3)on1)N1CCN(C(=O)c2ccco2)CC1. The maximum absolute atomic E-state index is 12.7. The molecule has 31 heavy (non-hydrogen) atoms. The van der Waals surface area contributed by atoms with Gasteiger partial charge in [-0.1, -0.05) is 5.16 Å². The molecule has 1 saturated heterocycles. The molecule has 0 spiro atoms. The van der Waals surface area contributed by atoms with Gasteiger partial charge in [0.15, 0.2) is 23.0 Å². The van der Waals surface area contributed by atoms with Crippen molar-refractivity contribution in [3.8, 4) is 22.8 Å². The first-order valence-electron chi connectivity index (χ1n) is 10.1. The lowest BCUT2D eigenvalue weighted by Gasteiger charge is -2.34. The first-order valence-corrected chi connectivity index (χ1v) is 10.1. The smallest absolute Gasteiger partial charge is 0.289 e. The van der Waals surface area contributed by atoms with Crippen molar-refractivity contribution in [2.75, 3.05) is 39.4 Å². The first kappa shape index (κ1) is 19.2. The van der Waals surface area contributed by atoms with Gasteiger partial charge in [-0.3, -0.25) is 9.59 Å². The molecule has 2 aliphatic rings. The van der Waals surface area contributed by atoms with Crippen LogP contribution in [0.3, 0.4) is 0 Å². The highest BCUT2D eigenvalue weighted by Crippen LogP contribution is 2.34. The van der Waals surface area contributed by atoms with Crippen molar-refractivity contribution in [1.82, 2.24) is 15.0 Å². The average Bonchev–Trinajstić information content (AvgIpc) is 3.51. The van der Waals surface area contributed by atoms with Gasteiger partial charge in [-0.05, 0) is 30.3 Å². The molecule has 160 valence electrons. The fraction of sp³-hybridized carbons (Fsp3) is 0.318. The van der Waals surface area contributed by atoms with Crippen molar-refractivity contribution in [2.24, 2.45) is 0 Å². The van der Waals surface area contributed by atoms with Crippen LogP contribution in [0.1, 0.15) is 16.2 Å². The highest BCUT2D eigenvalue weighted by atomic mass is 16.6. The summed E-state index contributed by atoms with van der Waals surface area (Å²) >= 11 is 0. The Bertz CT molecular complexity index is 1080. The van der Waals surface area contributed by atoms with Gasteiger partial charge < -0.3 is 28.2 Å². The van der Waals surface area contributed by atoms with E-state index in [1.54, 1.807) is 28.0 Å². The number of aromatic nitrogens is 1. The number of ether oxygens (including phenoxy) is 2. The number of benzene rings is 1. The molecule has 9 heteroatoms. The molecule has 4 heterocycles. The van der Waals surface area contributed by atoms with E-state index >= 15 is 0 Å². The van der Waals surface area contributed by atoms with Crippen LogP contribution in [0.15, 0.2) is 51.6 Å². The molecule has 0 atom stereocenters. The summed E-state index contributed by atoms with van der Waals surface area (Å²) in [4.78, 5) is 28.5. The van der Waals surface area contributed by atoms with E-state index < -0.39 is 0 Å². The Morgan fingerprint density at radius 2 is 1.71 bits per heavy atom. The van der Waals surface area contributed by atoms with E-state index in [1.807, 2.05) is 18.2 Å². The molecule has 0 saturated carbocycles. The number of carbonyl (C=O) groups excluding carboxylic acids is 2. The summed E-state index contributed by atoms with van der Waals surface area (Å²) in [7, 11) is 0. The summed E-state index contributed by atoms with van der Waals surface area (Å²) in [5.41, 5.74) is 1.37. The minimum absolute atomic E-state index is 0.0490. The van der Waals surface area contributed by atoms with Gasteiger partial charge in [-0.15, -0.1) is 0 Å². The molecule has 2 amide bonds. The number of rotatable bonds is 4. The Morgan fingerprint density at radius 3 is 2.48 bits per heavy atom. The molecule has 0 unspecified atom stereocenters. The van der Waals surface area contributed by atoms with Crippen LogP contribution >= 0.6 is 0 Å². The van der Waals surface area contributed by atoms with E-state index in [0.717, 1.165) is 5.56 Å². The van der Waals surface area contributed by atoms with E-state index in [0.29, 0.717) is 68.1 Å². The number of amides is 2. The summed E-state index contributed by atoms with van der Waals surface area (Å²) in [5, 5.41) is 4.04. The Morgan fingerprint density at radius 1 is 0.935 bits per heavy atom. The van der Waals surface area contributed by atoms with Gasteiger partial charge >= 0.3 is 0 Å². The Labute approximate surface area is 178 Å². The largest absolute Gasteiger partial charge is 0.486 e. The second-order valence-corrected chi connectivity index (χ2v) is 7.37. The van der Waals surface area contributed by atoms with E-state index in [-0.39, 0.29) is 18.2 Å². The molecule has 0 bridgehead atoms. The fourth-order valence-electron chi connectivity index (χ4n) is 3.71. The number of nitrogens with zero attached hydrogens (tertiary/aromatic N) is 3. The molecule has 9 nitrogen and oxygen atoms in total. The van der Waals surface area contributed by atoms with E-state index in [1.165, 1.54) is 6.26 Å². The molecule has 0 radical (unpaired) electrons.